The second-order valence-corrected chi connectivity index (χ2v) is 5.19. The molecule has 3 heterocycles. The first-order valence-electron chi connectivity index (χ1n) is 7.65. The fourth-order valence-corrected chi connectivity index (χ4v) is 2.04. The number of pyridine rings is 1. The Morgan fingerprint density at radius 2 is 1.88 bits per heavy atom. The van der Waals surface area contributed by atoms with Gasteiger partial charge in [0.05, 0.1) is 6.20 Å². The van der Waals surface area contributed by atoms with Gasteiger partial charge in [0.15, 0.2) is 0 Å². The molecule has 3 aromatic rings. The number of aromatic nitrogens is 4. The third-order valence-electron chi connectivity index (χ3n) is 3.22. The van der Waals surface area contributed by atoms with Gasteiger partial charge in [0.1, 0.15) is 23.8 Å². The van der Waals surface area contributed by atoms with Crippen LogP contribution in [0.5, 0.6) is 0 Å². The third-order valence-corrected chi connectivity index (χ3v) is 3.22. The van der Waals surface area contributed by atoms with Crippen LogP contribution in [-0.2, 0) is 0 Å². The van der Waals surface area contributed by atoms with Crippen molar-refractivity contribution in [1.82, 2.24) is 25.4 Å². The smallest absolute Gasteiger partial charge is 0.289 e. The molecule has 0 aliphatic heterocycles. The first-order valence-corrected chi connectivity index (χ1v) is 7.65. The summed E-state index contributed by atoms with van der Waals surface area (Å²) in [5, 5.41) is 12.4. The predicted molar refractivity (Wildman–Crippen MR) is 91.6 cm³/mol. The Morgan fingerprint density at radius 1 is 1.04 bits per heavy atom. The van der Waals surface area contributed by atoms with Gasteiger partial charge in [-0.15, -0.1) is 0 Å². The fraction of sp³-hybridized carbons (Fsp3) is 0.188. The number of anilines is 3. The number of nitrogens with one attached hydrogen (secondary N) is 3. The number of aryl methyl sites for hydroxylation is 1. The van der Waals surface area contributed by atoms with Gasteiger partial charge < -0.3 is 20.5 Å². The number of amides is 1. The molecule has 3 N–H and O–H groups in total. The zero-order valence-electron chi connectivity index (χ0n) is 13.6. The van der Waals surface area contributed by atoms with E-state index in [1.54, 1.807) is 12.3 Å². The fourth-order valence-electron chi connectivity index (χ4n) is 2.04. The van der Waals surface area contributed by atoms with Crippen LogP contribution in [0.4, 0.5) is 17.5 Å². The molecule has 128 valence electrons. The quantitative estimate of drug-likeness (QED) is 0.557. The zero-order chi connectivity index (χ0) is 17.5. The normalized spacial score (nSPS) is 10.3. The van der Waals surface area contributed by atoms with Crippen molar-refractivity contribution in [2.24, 2.45) is 0 Å². The van der Waals surface area contributed by atoms with E-state index in [0.717, 1.165) is 5.56 Å². The number of nitrogens with zero attached hydrogens (tertiary/aromatic N) is 4. The van der Waals surface area contributed by atoms with Crippen LogP contribution in [0.1, 0.15) is 16.1 Å². The summed E-state index contributed by atoms with van der Waals surface area (Å²) in [7, 11) is 0. The van der Waals surface area contributed by atoms with Gasteiger partial charge >= 0.3 is 0 Å². The van der Waals surface area contributed by atoms with E-state index in [0.29, 0.717) is 30.5 Å². The van der Waals surface area contributed by atoms with Gasteiger partial charge in [-0.1, -0.05) is 5.16 Å². The molecule has 0 aromatic carbocycles. The highest BCUT2D eigenvalue weighted by Crippen LogP contribution is 2.14. The lowest BCUT2D eigenvalue weighted by Crippen LogP contribution is -2.28. The van der Waals surface area contributed by atoms with E-state index in [1.807, 2.05) is 19.1 Å². The van der Waals surface area contributed by atoms with Crippen LogP contribution < -0.4 is 16.0 Å². The van der Waals surface area contributed by atoms with Gasteiger partial charge in [0, 0.05) is 31.4 Å². The molecule has 1 amide bonds. The molecule has 0 aliphatic carbocycles. The SMILES string of the molecule is Cc1ccnc(Nc2cc(NCCNC(=O)c3ccno3)ncn2)c1. The van der Waals surface area contributed by atoms with Crippen LogP contribution in [0.2, 0.25) is 0 Å². The Bertz CT molecular complexity index is 836. The lowest BCUT2D eigenvalue weighted by atomic mass is 10.3. The average Bonchev–Trinajstić information content (AvgIpc) is 3.14. The van der Waals surface area contributed by atoms with E-state index in [9.17, 15) is 4.79 Å². The number of carbonyl (C=O) groups excluding carboxylic acids is 1. The van der Waals surface area contributed by atoms with Crippen molar-refractivity contribution in [2.75, 3.05) is 23.7 Å². The first-order chi connectivity index (χ1) is 12.2. The van der Waals surface area contributed by atoms with Gasteiger partial charge in [-0.25, -0.2) is 15.0 Å². The van der Waals surface area contributed by atoms with E-state index < -0.39 is 0 Å². The van der Waals surface area contributed by atoms with Crippen molar-refractivity contribution < 1.29 is 9.32 Å². The van der Waals surface area contributed by atoms with Gasteiger partial charge in [0.2, 0.25) is 5.76 Å². The number of rotatable bonds is 7. The maximum absolute atomic E-state index is 11.7. The highest BCUT2D eigenvalue weighted by Gasteiger charge is 2.08. The average molecular weight is 339 g/mol. The number of hydrogen-bond donors (Lipinski definition) is 3. The van der Waals surface area contributed by atoms with Crippen molar-refractivity contribution >= 4 is 23.4 Å². The summed E-state index contributed by atoms with van der Waals surface area (Å²) in [6.45, 7) is 2.90. The first kappa shape index (κ1) is 16.4. The molecule has 25 heavy (non-hydrogen) atoms. The molecule has 3 rings (SSSR count). The van der Waals surface area contributed by atoms with Crippen LogP contribution in [0.15, 0.2) is 47.5 Å². The molecule has 0 fully saturated rings. The second-order valence-electron chi connectivity index (χ2n) is 5.19. The van der Waals surface area contributed by atoms with Crippen LogP contribution in [-0.4, -0.2) is 39.1 Å². The molecule has 0 saturated heterocycles. The van der Waals surface area contributed by atoms with E-state index in [-0.39, 0.29) is 11.7 Å². The molecular formula is C16H17N7O2. The summed E-state index contributed by atoms with van der Waals surface area (Å²) in [5.74, 6) is 1.85. The minimum absolute atomic E-state index is 0.180. The van der Waals surface area contributed by atoms with Crippen LogP contribution in [0.3, 0.4) is 0 Å². The van der Waals surface area contributed by atoms with Crippen LogP contribution >= 0.6 is 0 Å². The van der Waals surface area contributed by atoms with Crippen molar-refractivity contribution in [2.45, 2.75) is 6.92 Å². The van der Waals surface area contributed by atoms with Gasteiger partial charge in [-0.05, 0) is 24.6 Å². The maximum atomic E-state index is 11.7. The Balaban J connectivity index is 1.49. The topological polar surface area (TPSA) is 118 Å². The lowest BCUT2D eigenvalue weighted by molar-refractivity contribution is 0.0918. The summed E-state index contributed by atoms with van der Waals surface area (Å²) in [5.41, 5.74) is 1.10. The monoisotopic (exact) mass is 339 g/mol. The molecular weight excluding hydrogens is 322 g/mol. The number of carbonyl (C=O) groups is 1. The van der Waals surface area contributed by atoms with E-state index in [2.05, 4.69) is 36.1 Å². The summed E-state index contributed by atoms with van der Waals surface area (Å²) < 4.78 is 4.77. The molecule has 3 aromatic heterocycles. The molecule has 9 nitrogen and oxygen atoms in total. The molecule has 0 bridgehead atoms. The van der Waals surface area contributed by atoms with Crippen molar-refractivity contribution in [3.63, 3.8) is 0 Å². The molecule has 0 saturated carbocycles. The van der Waals surface area contributed by atoms with Gasteiger partial charge in [0.25, 0.3) is 5.91 Å². The molecule has 0 radical (unpaired) electrons. The molecule has 0 spiro atoms. The Kier molecular flexibility index (Phi) is 5.15. The van der Waals surface area contributed by atoms with Crippen molar-refractivity contribution in [3.8, 4) is 0 Å². The van der Waals surface area contributed by atoms with Gasteiger partial charge in [-0.2, -0.15) is 0 Å². The zero-order valence-corrected chi connectivity index (χ0v) is 13.6. The van der Waals surface area contributed by atoms with E-state index >= 15 is 0 Å². The lowest BCUT2D eigenvalue weighted by Gasteiger charge is -2.09. The Hall–Kier alpha value is -3.49. The predicted octanol–water partition coefficient (Wildman–Crippen LogP) is 1.75. The maximum Gasteiger partial charge on any atom is 0.289 e. The Labute approximate surface area is 143 Å². The number of hydrogen-bond acceptors (Lipinski definition) is 8. The molecule has 0 unspecified atom stereocenters. The highest BCUT2D eigenvalue weighted by molar-refractivity contribution is 5.91. The molecule has 0 aliphatic rings. The van der Waals surface area contributed by atoms with E-state index in [4.69, 9.17) is 4.52 Å². The summed E-state index contributed by atoms with van der Waals surface area (Å²) in [4.78, 5) is 24.2. The molecule has 0 atom stereocenters. The van der Waals surface area contributed by atoms with E-state index in [1.165, 1.54) is 18.6 Å². The summed E-state index contributed by atoms with van der Waals surface area (Å²) >= 11 is 0. The van der Waals surface area contributed by atoms with Crippen molar-refractivity contribution in [1.29, 1.82) is 0 Å². The van der Waals surface area contributed by atoms with Crippen molar-refractivity contribution in [3.05, 3.63) is 54.3 Å². The summed E-state index contributed by atoms with van der Waals surface area (Å²) in [6.07, 6.45) is 4.61. The van der Waals surface area contributed by atoms with Gasteiger partial charge in [-0.3, -0.25) is 4.79 Å². The van der Waals surface area contributed by atoms with Crippen LogP contribution in [0, 0.1) is 6.92 Å². The van der Waals surface area contributed by atoms with Crippen LogP contribution in [0.25, 0.3) is 0 Å². The third kappa shape index (κ3) is 4.74. The minimum atomic E-state index is -0.310. The Morgan fingerprint density at radius 3 is 2.68 bits per heavy atom. The standard InChI is InChI=1S/C16H17N7O2/c1-11-2-4-17-14(8-11)23-15-9-13(20-10-21-15)18-6-7-19-16(24)12-3-5-22-25-12/h2-5,8-10H,6-7H2,1H3,(H,19,24)(H2,17,18,20,21,23). The largest absolute Gasteiger partial charge is 0.368 e. The summed E-state index contributed by atoms with van der Waals surface area (Å²) in [6, 6.07) is 7.12. The molecule has 9 heteroatoms. The second kappa shape index (κ2) is 7.86. The highest BCUT2D eigenvalue weighted by atomic mass is 16.5. The minimum Gasteiger partial charge on any atom is -0.368 e.